The van der Waals surface area contributed by atoms with Crippen LogP contribution in [0.15, 0.2) is 41.4 Å². The summed E-state index contributed by atoms with van der Waals surface area (Å²) in [5, 5.41) is 19.9. The smallest absolute Gasteiger partial charge is 0.363 e. The zero-order valence-corrected chi connectivity index (χ0v) is 11.0. The SMILES string of the molecule is O=[N+]([O-])c1ccc(S(=O)(=O)Nc2cc(F)ccc2O)cn1. The van der Waals surface area contributed by atoms with E-state index in [1.807, 2.05) is 4.72 Å². The van der Waals surface area contributed by atoms with E-state index < -0.39 is 32.3 Å². The Morgan fingerprint density at radius 2 is 2.00 bits per heavy atom. The quantitative estimate of drug-likeness (QED) is 0.502. The molecule has 0 saturated heterocycles. The summed E-state index contributed by atoms with van der Waals surface area (Å²) < 4.78 is 39.0. The van der Waals surface area contributed by atoms with Crippen molar-refractivity contribution in [1.82, 2.24) is 4.98 Å². The van der Waals surface area contributed by atoms with E-state index in [1.165, 1.54) is 0 Å². The van der Waals surface area contributed by atoms with Crippen LogP contribution in [0.25, 0.3) is 0 Å². The van der Waals surface area contributed by atoms with E-state index in [0.717, 1.165) is 36.5 Å². The molecule has 8 nitrogen and oxygen atoms in total. The van der Waals surface area contributed by atoms with Crippen molar-refractivity contribution in [1.29, 1.82) is 0 Å². The molecule has 1 aromatic heterocycles. The van der Waals surface area contributed by atoms with Crippen molar-refractivity contribution in [2.24, 2.45) is 0 Å². The molecule has 2 aromatic rings. The fraction of sp³-hybridized carbons (Fsp3) is 0. The molecule has 0 radical (unpaired) electrons. The molecule has 0 saturated carbocycles. The van der Waals surface area contributed by atoms with E-state index in [-0.39, 0.29) is 10.6 Å². The molecule has 2 N–H and O–H groups in total. The van der Waals surface area contributed by atoms with Gasteiger partial charge in [-0.05, 0) is 28.1 Å². The van der Waals surface area contributed by atoms with Crippen LogP contribution in [0.2, 0.25) is 0 Å². The van der Waals surface area contributed by atoms with Crippen LogP contribution in [-0.2, 0) is 10.0 Å². The average Bonchev–Trinajstić information content (AvgIpc) is 2.43. The third-order valence-corrected chi connectivity index (χ3v) is 3.77. The molecule has 0 bridgehead atoms. The molecule has 21 heavy (non-hydrogen) atoms. The number of aromatic hydroxyl groups is 1. The van der Waals surface area contributed by atoms with Gasteiger partial charge in [0.05, 0.1) is 5.69 Å². The van der Waals surface area contributed by atoms with Crippen LogP contribution in [-0.4, -0.2) is 23.4 Å². The highest BCUT2D eigenvalue weighted by atomic mass is 32.2. The van der Waals surface area contributed by atoms with Gasteiger partial charge in [0.15, 0.2) is 6.20 Å². The number of phenolic OH excluding ortho intramolecular Hbond substituents is 1. The number of pyridine rings is 1. The van der Waals surface area contributed by atoms with Gasteiger partial charge >= 0.3 is 5.82 Å². The number of sulfonamides is 1. The Bertz CT molecular complexity index is 792. The van der Waals surface area contributed by atoms with Gasteiger partial charge in [-0.25, -0.2) is 12.8 Å². The fourth-order valence-electron chi connectivity index (χ4n) is 1.43. The first-order valence-corrected chi connectivity index (χ1v) is 6.90. The van der Waals surface area contributed by atoms with Gasteiger partial charge in [0.2, 0.25) is 0 Å². The predicted octanol–water partition coefficient (Wildman–Crippen LogP) is 1.64. The first-order valence-electron chi connectivity index (χ1n) is 5.41. The number of anilines is 1. The largest absolute Gasteiger partial charge is 0.506 e. The number of hydrogen-bond donors (Lipinski definition) is 2. The minimum atomic E-state index is -4.16. The molecule has 0 atom stereocenters. The second kappa shape index (κ2) is 5.32. The third-order valence-electron chi connectivity index (χ3n) is 2.42. The number of nitrogens with one attached hydrogen (secondary N) is 1. The summed E-state index contributed by atoms with van der Waals surface area (Å²) in [6, 6.07) is 4.64. The second-order valence-corrected chi connectivity index (χ2v) is 5.56. The Morgan fingerprint density at radius 3 is 2.57 bits per heavy atom. The maximum absolute atomic E-state index is 13.0. The van der Waals surface area contributed by atoms with E-state index in [1.54, 1.807) is 0 Å². The normalized spacial score (nSPS) is 11.1. The second-order valence-electron chi connectivity index (χ2n) is 3.88. The van der Waals surface area contributed by atoms with Crippen LogP contribution in [0, 0.1) is 15.9 Å². The Labute approximate surface area is 118 Å². The van der Waals surface area contributed by atoms with E-state index >= 15 is 0 Å². The highest BCUT2D eigenvalue weighted by Gasteiger charge is 2.19. The van der Waals surface area contributed by atoms with Gasteiger partial charge in [0.25, 0.3) is 10.0 Å². The van der Waals surface area contributed by atoms with E-state index in [4.69, 9.17) is 0 Å². The lowest BCUT2D eigenvalue weighted by atomic mass is 10.3. The van der Waals surface area contributed by atoms with Gasteiger partial charge in [0.1, 0.15) is 16.5 Å². The highest BCUT2D eigenvalue weighted by Crippen LogP contribution is 2.26. The lowest BCUT2D eigenvalue weighted by Crippen LogP contribution is -2.13. The third kappa shape index (κ3) is 3.23. The van der Waals surface area contributed by atoms with Crippen LogP contribution >= 0.6 is 0 Å². The molecule has 110 valence electrons. The van der Waals surface area contributed by atoms with E-state index in [2.05, 4.69) is 4.98 Å². The average molecular weight is 313 g/mol. The number of nitro groups is 1. The predicted molar refractivity (Wildman–Crippen MR) is 69.8 cm³/mol. The van der Waals surface area contributed by atoms with Gasteiger partial charge in [-0.2, -0.15) is 0 Å². The van der Waals surface area contributed by atoms with Crippen molar-refractivity contribution in [2.75, 3.05) is 4.72 Å². The molecule has 0 aliphatic rings. The number of rotatable bonds is 4. The number of phenols is 1. The number of aromatic nitrogens is 1. The van der Waals surface area contributed by atoms with E-state index in [0.29, 0.717) is 0 Å². The van der Waals surface area contributed by atoms with Crippen LogP contribution < -0.4 is 4.72 Å². The van der Waals surface area contributed by atoms with Crippen molar-refractivity contribution < 1.29 is 22.8 Å². The fourth-order valence-corrected chi connectivity index (χ4v) is 2.44. The molecule has 0 fully saturated rings. The first kappa shape index (κ1) is 14.7. The summed E-state index contributed by atoms with van der Waals surface area (Å²) >= 11 is 0. The van der Waals surface area contributed by atoms with Gasteiger partial charge in [-0.1, -0.05) is 0 Å². The molecule has 0 unspecified atom stereocenters. The summed E-state index contributed by atoms with van der Waals surface area (Å²) in [5.41, 5.74) is -0.353. The summed E-state index contributed by atoms with van der Waals surface area (Å²) in [6.07, 6.45) is 0.789. The van der Waals surface area contributed by atoms with E-state index in [9.17, 15) is 28.0 Å². The molecule has 2 rings (SSSR count). The Balaban J connectivity index is 2.34. The van der Waals surface area contributed by atoms with Gasteiger partial charge in [0, 0.05) is 12.1 Å². The van der Waals surface area contributed by atoms with Crippen molar-refractivity contribution in [3.05, 3.63) is 52.5 Å². The lowest BCUT2D eigenvalue weighted by molar-refractivity contribution is -0.389. The molecular formula is C11H8FN3O5S. The van der Waals surface area contributed by atoms with Gasteiger partial charge < -0.3 is 15.2 Å². The van der Waals surface area contributed by atoms with Crippen LogP contribution in [0.1, 0.15) is 0 Å². The highest BCUT2D eigenvalue weighted by molar-refractivity contribution is 7.92. The minimum Gasteiger partial charge on any atom is -0.506 e. The number of nitrogens with zero attached hydrogens (tertiary/aromatic N) is 2. The molecule has 0 aliphatic heterocycles. The number of benzene rings is 1. The molecule has 10 heteroatoms. The van der Waals surface area contributed by atoms with Crippen molar-refractivity contribution in [2.45, 2.75) is 4.90 Å². The standard InChI is InChI=1S/C11H8FN3O5S/c12-7-1-3-10(16)9(5-7)14-21(19,20)8-2-4-11(13-6-8)15(17)18/h1-6,14,16H. The van der Waals surface area contributed by atoms with Crippen molar-refractivity contribution in [3.63, 3.8) is 0 Å². The Hall–Kier alpha value is -2.75. The summed E-state index contributed by atoms with van der Waals surface area (Å²) in [6.45, 7) is 0. The molecule has 1 heterocycles. The molecule has 0 amide bonds. The van der Waals surface area contributed by atoms with Crippen LogP contribution in [0.3, 0.4) is 0 Å². The maximum atomic E-state index is 13.0. The van der Waals surface area contributed by atoms with Crippen molar-refractivity contribution >= 4 is 21.5 Å². The number of hydrogen-bond acceptors (Lipinski definition) is 6. The van der Waals surface area contributed by atoms with Gasteiger partial charge in [-0.15, -0.1) is 0 Å². The maximum Gasteiger partial charge on any atom is 0.363 e. The Kier molecular flexibility index (Phi) is 3.72. The lowest BCUT2D eigenvalue weighted by Gasteiger charge is -2.08. The molecule has 1 aromatic carbocycles. The van der Waals surface area contributed by atoms with Gasteiger partial charge in [-0.3, -0.25) is 4.72 Å². The minimum absolute atomic E-state index is 0.353. The Morgan fingerprint density at radius 1 is 1.29 bits per heavy atom. The summed E-state index contributed by atoms with van der Waals surface area (Å²) in [5.74, 6) is -1.72. The first-order chi connectivity index (χ1) is 9.79. The zero-order chi connectivity index (χ0) is 15.6. The zero-order valence-electron chi connectivity index (χ0n) is 10.2. The topological polar surface area (TPSA) is 122 Å². The molecular weight excluding hydrogens is 305 g/mol. The monoisotopic (exact) mass is 313 g/mol. The summed E-state index contributed by atoms with van der Waals surface area (Å²) in [4.78, 5) is 12.7. The van der Waals surface area contributed by atoms with Crippen LogP contribution in [0.5, 0.6) is 5.75 Å². The van der Waals surface area contributed by atoms with Crippen LogP contribution in [0.4, 0.5) is 15.9 Å². The summed E-state index contributed by atoms with van der Waals surface area (Å²) in [7, 11) is -4.16. The van der Waals surface area contributed by atoms with Crippen molar-refractivity contribution in [3.8, 4) is 5.75 Å². The molecule has 0 aliphatic carbocycles. The number of halogens is 1. The molecule has 0 spiro atoms.